The molecular formula is C17H22BrN7O. The first-order chi connectivity index (χ1) is 12.6. The summed E-state index contributed by atoms with van der Waals surface area (Å²) in [7, 11) is 0. The normalized spacial score (nSPS) is 12.3. The van der Waals surface area contributed by atoms with Crippen molar-refractivity contribution in [2.45, 2.75) is 46.1 Å². The number of nitrogens with zero attached hydrogens (tertiary/aromatic N) is 4. The molecule has 0 bridgehead atoms. The van der Waals surface area contributed by atoms with Gasteiger partial charge in [0.25, 0.3) is 0 Å². The van der Waals surface area contributed by atoms with Crippen LogP contribution in [0.25, 0.3) is 0 Å². The molecule has 0 atom stereocenters. The Balaban J connectivity index is 0.000000592. The number of aryl methyl sites for hydroxylation is 2. The number of hydrogen-bond donors (Lipinski definition) is 3. The summed E-state index contributed by atoms with van der Waals surface area (Å²) < 4.78 is 5.89. The molecule has 1 fully saturated rings. The molecule has 1 aliphatic carbocycles. The van der Waals surface area contributed by atoms with Crippen molar-refractivity contribution in [2.24, 2.45) is 0 Å². The summed E-state index contributed by atoms with van der Waals surface area (Å²) in [6.45, 7) is 4.40. The third-order valence-corrected chi connectivity index (χ3v) is 4.03. The van der Waals surface area contributed by atoms with Crippen LogP contribution in [0, 0.1) is 6.92 Å². The third kappa shape index (κ3) is 5.55. The summed E-state index contributed by atoms with van der Waals surface area (Å²) in [5, 5.41) is 17.2. The van der Waals surface area contributed by atoms with Gasteiger partial charge in [-0.3, -0.25) is 5.10 Å². The van der Waals surface area contributed by atoms with Crippen molar-refractivity contribution in [1.29, 1.82) is 0 Å². The third-order valence-electron chi connectivity index (χ3n) is 3.45. The van der Waals surface area contributed by atoms with Crippen LogP contribution in [0.15, 0.2) is 27.3 Å². The molecule has 0 unspecified atom stereocenters. The number of aromatic amines is 1. The minimum atomic E-state index is 0.463. The molecule has 1 saturated carbocycles. The summed E-state index contributed by atoms with van der Waals surface area (Å²) in [5.74, 6) is 2.54. The minimum Gasteiger partial charge on any atom is -0.359 e. The van der Waals surface area contributed by atoms with Crippen molar-refractivity contribution in [3.8, 4) is 0 Å². The smallest absolute Gasteiger partial charge is 0.225 e. The Labute approximate surface area is 160 Å². The summed E-state index contributed by atoms with van der Waals surface area (Å²) in [6, 6.07) is 3.81. The second kappa shape index (κ2) is 8.79. The number of rotatable bonds is 6. The van der Waals surface area contributed by atoms with Crippen molar-refractivity contribution >= 4 is 33.5 Å². The van der Waals surface area contributed by atoms with Crippen LogP contribution in [0.5, 0.6) is 0 Å². The van der Waals surface area contributed by atoms with Crippen LogP contribution >= 0.6 is 15.9 Å². The van der Waals surface area contributed by atoms with Gasteiger partial charge in [-0.25, -0.2) is 4.98 Å². The lowest BCUT2D eigenvalue weighted by Crippen LogP contribution is -2.05. The van der Waals surface area contributed by atoms with E-state index in [-0.39, 0.29) is 0 Å². The highest BCUT2D eigenvalue weighted by molar-refractivity contribution is 9.10. The van der Waals surface area contributed by atoms with Gasteiger partial charge in [0, 0.05) is 24.0 Å². The molecule has 0 radical (unpaired) electrons. The maximum Gasteiger partial charge on any atom is 0.225 e. The van der Waals surface area contributed by atoms with Gasteiger partial charge in [0.15, 0.2) is 17.4 Å². The number of halogens is 1. The van der Waals surface area contributed by atoms with Crippen LogP contribution in [0.1, 0.15) is 43.3 Å². The first-order valence-corrected chi connectivity index (χ1v) is 9.43. The van der Waals surface area contributed by atoms with Crippen molar-refractivity contribution in [3.63, 3.8) is 0 Å². The Morgan fingerprint density at radius 3 is 2.69 bits per heavy atom. The molecule has 0 amide bonds. The number of nitrogens with one attached hydrogen (secondary N) is 3. The monoisotopic (exact) mass is 419 g/mol. The van der Waals surface area contributed by atoms with Gasteiger partial charge in [0.2, 0.25) is 5.95 Å². The minimum absolute atomic E-state index is 0.463. The molecule has 0 spiro atoms. The second-order valence-corrected chi connectivity index (χ2v) is 6.85. The summed E-state index contributed by atoms with van der Waals surface area (Å²) >= 11 is 3.43. The van der Waals surface area contributed by atoms with E-state index in [1.807, 2.05) is 19.1 Å². The zero-order valence-electron chi connectivity index (χ0n) is 14.8. The van der Waals surface area contributed by atoms with Gasteiger partial charge >= 0.3 is 0 Å². The molecule has 3 aromatic rings. The van der Waals surface area contributed by atoms with Crippen molar-refractivity contribution in [1.82, 2.24) is 25.3 Å². The van der Waals surface area contributed by atoms with E-state index in [1.165, 1.54) is 19.3 Å². The highest BCUT2D eigenvalue weighted by atomic mass is 79.9. The van der Waals surface area contributed by atoms with Crippen LogP contribution in [0.3, 0.4) is 0 Å². The molecule has 0 saturated heterocycles. The van der Waals surface area contributed by atoms with Gasteiger partial charge in [0.05, 0.1) is 16.7 Å². The number of anilines is 3. The molecule has 3 heterocycles. The SMILES string of the molecule is C1CC1.CCc1cc(Nc2nc(NCc3cc(C)no3)ncc2Br)n[nH]1. The van der Waals surface area contributed by atoms with Crippen LogP contribution in [0.2, 0.25) is 0 Å². The van der Waals surface area contributed by atoms with Gasteiger partial charge < -0.3 is 15.2 Å². The zero-order valence-corrected chi connectivity index (χ0v) is 16.4. The van der Waals surface area contributed by atoms with E-state index in [4.69, 9.17) is 4.52 Å². The molecule has 0 aromatic carbocycles. The van der Waals surface area contributed by atoms with Crippen LogP contribution in [-0.4, -0.2) is 25.3 Å². The molecule has 1 aliphatic rings. The van der Waals surface area contributed by atoms with Gasteiger partial charge in [0.1, 0.15) is 0 Å². The molecule has 3 aromatic heterocycles. The molecule has 3 N–H and O–H groups in total. The lowest BCUT2D eigenvalue weighted by Gasteiger charge is -2.07. The van der Waals surface area contributed by atoms with Crippen molar-refractivity contribution in [2.75, 3.05) is 10.6 Å². The van der Waals surface area contributed by atoms with E-state index in [1.54, 1.807) is 6.20 Å². The molecular weight excluding hydrogens is 398 g/mol. The highest BCUT2D eigenvalue weighted by Crippen LogP contribution is 2.23. The lowest BCUT2D eigenvalue weighted by molar-refractivity contribution is 0.384. The Morgan fingerprint density at radius 2 is 2.08 bits per heavy atom. The van der Waals surface area contributed by atoms with Gasteiger partial charge in [-0.15, -0.1) is 0 Å². The molecule has 9 heteroatoms. The lowest BCUT2D eigenvalue weighted by atomic mass is 10.3. The summed E-state index contributed by atoms with van der Waals surface area (Å²) in [4.78, 5) is 8.65. The van der Waals surface area contributed by atoms with E-state index in [0.29, 0.717) is 24.1 Å². The molecule has 0 aliphatic heterocycles. The molecule has 26 heavy (non-hydrogen) atoms. The Morgan fingerprint density at radius 1 is 1.27 bits per heavy atom. The molecule has 4 rings (SSSR count). The van der Waals surface area contributed by atoms with Crippen molar-refractivity contribution < 1.29 is 4.52 Å². The number of hydrogen-bond acceptors (Lipinski definition) is 7. The number of aromatic nitrogens is 5. The Bertz CT molecular complexity index is 841. The van der Waals surface area contributed by atoms with E-state index in [2.05, 4.69) is 58.8 Å². The van der Waals surface area contributed by atoms with Crippen LogP contribution in [-0.2, 0) is 13.0 Å². The maximum absolute atomic E-state index is 5.14. The first kappa shape index (κ1) is 18.4. The van der Waals surface area contributed by atoms with E-state index in [9.17, 15) is 0 Å². The fourth-order valence-electron chi connectivity index (χ4n) is 1.93. The molecule has 8 nitrogen and oxygen atoms in total. The van der Waals surface area contributed by atoms with Gasteiger partial charge in [-0.2, -0.15) is 10.1 Å². The Hall–Kier alpha value is -2.42. The van der Waals surface area contributed by atoms with Crippen LogP contribution < -0.4 is 10.6 Å². The summed E-state index contributed by atoms with van der Waals surface area (Å²) in [6.07, 6.45) is 7.07. The van der Waals surface area contributed by atoms with Crippen LogP contribution in [0.4, 0.5) is 17.6 Å². The average Bonchev–Trinajstić information content (AvgIpc) is 3.36. The fourth-order valence-corrected chi connectivity index (χ4v) is 2.22. The highest BCUT2D eigenvalue weighted by Gasteiger charge is 2.08. The first-order valence-electron chi connectivity index (χ1n) is 8.64. The van der Waals surface area contributed by atoms with E-state index in [0.717, 1.165) is 28.0 Å². The molecule has 138 valence electrons. The standard InChI is InChI=1S/C14H16BrN7O.C3H6/c1-3-9-5-12(21-20-9)18-13-11(15)7-17-14(19-13)16-6-10-4-8(2)22-23-10;1-2-3-1/h4-5,7H,3,6H2,1-2H3,(H3,16,17,18,19,20,21);1-3H2. The second-order valence-electron chi connectivity index (χ2n) is 6.00. The number of H-pyrrole nitrogens is 1. The predicted molar refractivity (Wildman–Crippen MR) is 103 cm³/mol. The Kier molecular flexibility index (Phi) is 6.21. The maximum atomic E-state index is 5.14. The van der Waals surface area contributed by atoms with Gasteiger partial charge in [-0.05, 0) is 29.3 Å². The zero-order chi connectivity index (χ0) is 18.4. The largest absolute Gasteiger partial charge is 0.359 e. The van der Waals surface area contributed by atoms with E-state index >= 15 is 0 Å². The average molecular weight is 420 g/mol. The van der Waals surface area contributed by atoms with E-state index < -0.39 is 0 Å². The summed E-state index contributed by atoms with van der Waals surface area (Å²) in [5.41, 5.74) is 1.89. The van der Waals surface area contributed by atoms with Crippen molar-refractivity contribution in [3.05, 3.63) is 40.0 Å². The fraction of sp³-hybridized carbons (Fsp3) is 0.412. The topological polar surface area (TPSA) is 105 Å². The van der Waals surface area contributed by atoms with Gasteiger partial charge in [-0.1, -0.05) is 31.3 Å². The quantitative estimate of drug-likeness (QED) is 0.545. The predicted octanol–water partition coefficient (Wildman–Crippen LogP) is 4.35.